The van der Waals surface area contributed by atoms with Gasteiger partial charge in [0.15, 0.2) is 0 Å². The van der Waals surface area contributed by atoms with E-state index in [-0.39, 0.29) is 16.7 Å². The molecule has 1 heterocycles. The van der Waals surface area contributed by atoms with E-state index in [1.165, 1.54) is 22.6 Å². The summed E-state index contributed by atoms with van der Waals surface area (Å²) in [6.07, 6.45) is 2.96. The summed E-state index contributed by atoms with van der Waals surface area (Å²) in [6.45, 7) is 4.27. The van der Waals surface area contributed by atoms with Crippen molar-refractivity contribution in [3.8, 4) is 17.2 Å². The van der Waals surface area contributed by atoms with Gasteiger partial charge in [-0.15, -0.1) is 5.10 Å². The Bertz CT molecular complexity index is 1130. The number of hydrogen-bond donors (Lipinski definition) is 1. The van der Waals surface area contributed by atoms with Crippen LogP contribution in [-0.2, 0) is 16.4 Å². The van der Waals surface area contributed by atoms with E-state index in [0.717, 1.165) is 12.0 Å². The van der Waals surface area contributed by atoms with Gasteiger partial charge in [-0.2, -0.15) is 4.68 Å². The molecule has 1 aliphatic rings. The molecule has 1 aliphatic carbocycles. The number of nitrogens with zero attached hydrogens (tertiary/aromatic N) is 4. The van der Waals surface area contributed by atoms with Gasteiger partial charge in [0.1, 0.15) is 28.4 Å². The molecule has 1 aromatic heterocycles. The molecule has 0 spiro atoms. The van der Waals surface area contributed by atoms with Crippen LogP contribution in [0.15, 0.2) is 47.6 Å². The Morgan fingerprint density at radius 2 is 1.90 bits per heavy atom. The van der Waals surface area contributed by atoms with Crippen molar-refractivity contribution < 1.29 is 17.9 Å². The van der Waals surface area contributed by atoms with E-state index >= 15 is 0 Å². The normalized spacial score (nSPS) is 15.7. The lowest BCUT2D eigenvalue weighted by Gasteiger charge is -2.19. The second-order valence-electron chi connectivity index (χ2n) is 6.80. The highest BCUT2D eigenvalue weighted by Gasteiger charge is 2.30. The van der Waals surface area contributed by atoms with E-state index in [4.69, 9.17) is 9.47 Å². The van der Waals surface area contributed by atoms with Crippen molar-refractivity contribution in [3.63, 3.8) is 0 Å². The van der Waals surface area contributed by atoms with Crippen molar-refractivity contribution in [2.24, 2.45) is 0 Å². The SMILES string of the molecule is CCOc1cc(S(=O)(=O)N[C@@H]2CCc3ccccc32)c(OCC)cc1-n1cnnn1. The zero-order chi connectivity index (χ0) is 21.1. The summed E-state index contributed by atoms with van der Waals surface area (Å²) in [6, 6.07) is 10.7. The molecule has 4 rings (SSSR count). The van der Waals surface area contributed by atoms with Crippen LogP contribution < -0.4 is 14.2 Å². The Labute approximate surface area is 175 Å². The highest BCUT2D eigenvalue weighted by Crippen LogP contribution is 2.37. The molecule has 0 bridgehead atoms. The van der Waals surface area contributed by atoms with E-state index < -0.39 is 10.0 Å². The first-order valence-electron chi connectivity index (χ1n) is 9.80. The number of tetrazole rings is 1. The second kappa shape index (κ2) is 8.41. The molecule has 9 nitrogen and oxygen atoms in total. The molecule has 0 radical (unpaired) electrons. The minimum absolute atomic E-state index is 0.0222. The monoisotopic (exact) mass is 429 g/mol. The van der Waals surface area contributed by atoms with Crippen LogP contribution in [0.2, 0.25) is 0 Å². The highest BCUT2D eigenvalue weighted by atomic mass is 32.2. The summed E-state index contributed by atoms with van der Waals surface area (Å²) in [7, 11) is -3.88. The van der Waals surface area contributed by atoms with Gasteiger partial charge in [-0.05, 0) is 48.2 Å². The number of aromatic nitrogens is 4. The van der Waals surface area contributed by atoms with Gasteiger partial charge in [-0.3, -0.25) is 0 Å². The fourth-order valence-corrected chi connectivity index (χ4v) is 5.05. The first kappa shape index (κ1) is 20.3. The number of aryl methyl sites for hydroxylation is 1. The van der Waals surface area contributed by atoms with Gasteiger partial charge in [0.05, 0.1) is 13.2 Å². The average molecular weight is 430 g/mol. The van der Waals surface area contributed by atoms with Crippen LogP contribution >= 0.6 is 0 Å². The number of nitrogens with one attached hydrogen (secondary N) is 1. The maximum atomic E-state index is 13.4. The summed E-state index contributed by atoms with van der Waals surface area (Å²) in [4.78, 5) is 0.0222. The molecular formula is C20H23N5O4S. The Morgan fingerprint density at radius 1 is 1.13 bits per heavy atom. The largest absolute Gasteiger partial charge is 0.492 e. The minimum Gasteiger partial charge on any atom is -0.492 e. The summed E-state index contributed by atoms with van der Waals surface area (Å²) < 4.78 is 42.3. The summed E-state index contributed by atoms with van der Waals surface area (Å²) in [5, 5.41) is 11.2. The number of ether oxygens (including phenoxy) is 2. The van der Waals surface area contributed by atoms with Crippen LogP contribution in [0.1, 0.15) is 37.4 Å². The number of rotatable bonds is 8. The van der Waals surface area contributed by atoms with Crippen LogP contribution in [0.4, 0.5) is 0 Å². The van der Waals surface area contributed by atoms with Gasteiger partial charge < -0.3 is 9.47 Å². The quantitative estimate of drug-likeness (QED) is 0.586. The molecule has 3 aromatic rings. The van der Waals surface area contributed by atoms with Crippen LogP contribution in [-0.4, -0.2) is 41.8 Å². The molecule has 10 heteroatoms. The van der Waals surface area contributed by atoms with Gasteiger partial charge >= 0.3 is 0 Å². The van der Waals surface area contributed by atoms with Gasteiger partial charge in [-0.25, -0.2) is 13.1 Å². The molecule has 0 fully saturated rings. The van der Waals surface area contributed by atoms with Crippen LogP contribution in [0.5, 0.6) is 11.5 Å². The first-order chi connectivity index (χ1) is 14.5. The van der Waals surface area contributed by atoms with Crippen LogP contribution in [0.25, 0.3) is 5.69 Å². The fourth-order valence-electron chi connectivity index (χ4n) is 3.66. The van der Waals surface area contributed by atoms with Crippen molar-refractivity contribution in [1.29, 1.82) is 0 Å². The topological polar surface area (TPSA) is 108 Å². The van der Waals surface area contributed by atoms with E-state index in [0.29, 0.717) is 31.1 Å². The Balaban J connectivity index is 1.75. The molecule has 1 atom stereocenters. The smallest absolute Gasteiger partial charge is 0.244 e. The zero-order valence-corrected chi connectivity index (χ0v) is 17.6. The van der Waals surface area contributed by atoms with Crippen LogP contribution in [0, 0.1) is 0 Å². The Kier molecular flexibility index (Phi) is 5.69. The average Bonchev–Trinajstić information content (AvgIpc) is 3.40. The number of sulfonamides is 1. The molecular weight excluding hydrogens is 406 g/mol. The third-order valence-electron chi connectivity index (χ3n) is 4.94. The van der Waals surface area contributed by atoms with E-state index in [1.807, 2.05) is 31.2 Å². The molecule has 2 aromatic carbocycles. The zero-order valence-electron chi connectivity index (χ0n) is 16.8. The predicted molar refractivity (Wildman–Crippen MR) is 109 cm³/mol. The lowest BCUT2D eigenvalue weighted by molar-refractivity contribution is 0.320. The summed E-state index contributed by atoms with van der Waals surface area (Å²) in [5.41, 5.74) is 2.67. The fraction of sp³-hybridized carbons (Fsp3) is 0.350. The number of hydrogen-bond acceptors (Lipinski definition) is 7. The van der Waals surface area contributed by atoms with Crippen LogP contribution in [0.3, 0.4) is 0 Å². The van der Waals surface area contributed by atoms with E-state index in [9.17, 15) is 8.42 Å². The van der Waals surface area contributed by atoms with Gasteiger partial charge in [0.2, 0.25) is 10.0 Å². The third kappa shape index (κ3) is 3.88. The molecule has 0 unspecified atom stereocenters. The van der Waals surface area contributed by atoms with Crippen molar-refractivity contribution in [2.45, 2.75) is 37.6 Å². The Morgan fingerprint density at radius 3 is 2.63 bits per heavy atom. The van der Waals surface area contributed by atoms with Gasteiger partial charge in [-0.1, -0.05) is 24.3 Å². The van der Waals surface area contributed by atoms with Crippen molar-refractivity contribution in [2.75, 3.05) is 13.2 Å². The number of benzene rings is 2. The standard InChI is InChI=1S/C20H23N5O4S/c1-3-28-18-12-20(19(29-4-2)11-17(18)25-13-21-23-24-25)30(26,27)22-16-10-9-14-7-5-6-8-15(14)16/h5-8,11-13,16,22H,3-4,9-10H2,1-2H3/t16-/m1/s1. The molecule has 158 valence electrons. The maximum Gasteiger partial charge on any atom is 0.244 e. The van der Waals surface area contributed by atoms with Crippen molar-refractivity contribution in [3.05, 3.63) is 53.9 Å². The highest BCUT2D eigenvalue weighted by molar-refractivity contribution is 7.89. The third-order valence-corrected chi connectivity index (χ3v) is 6.43. The predicted octanol–water partition coefficient (Wildman–Crippen LogP) is 2.43. The molecule has 0 amide bonds. The maximum absolute atomic E-state index is 13.4. The van der Waals surface area contributed by atoms with E-state index in [2.05, 4.69) is 20.2 Å². The summed E-state index contributed by atoms with van der Waals surface area (Å²) in [5.74, 6) is 0.561. The lowest BCUT2D eigenvalue weighted by Crippen LogP contribution is -2.28. The lowest BCUT2D eigenvalue weighted by atomic mass is 10.1. The Hall–Kier alpha value is -2.98. The molecule has 0 saturated heterocycles. The van der Waals surface area contributed by atoms with Gasteiger partial charge in [0, 0.05) is 18.2 Å². The van der Waals surface area contributed by atoms with Crippen molar-refractivity contribution >= 4 is 10.0 Å². The molecule has 0 saturated carbocycles. The molecule has 30 heavy (non-hydrogen) atoms. The summed E-state index contributed by atoms with van der Waals surface area (Å²) >= 11 is 0. The van der Waals surface area contributed by atoms with Gasteiger partial charge in [0.25, 0.3) is 0 Å². The number of fused-ring (bicyclic) bond motifs is 1. The minimum atomic E-state index is -3.88. The van der Waals surface area contributed by atoms with Crippen molar-refractivity contribution in [1.82, 2.24) is 24.9 Å². The molecule has 1 N–H and O–H groups in total. The van der Waals surface area contributed by atoms with E-state index in [1.54, 1.807) is 13.0 Å². The second-order valence-corrected chi connectivity index (χ2v) is 8.48. The molecule has 0 aliphatic heterocycles. The first-order valence-corrected chi connectivity index (χ1v) is 11.3.